The van der Waals surface area contributed by atoms with E-state index in [9.17, 15) is 4.79 Å². The van der Waals surface area contributed by atoms with Gasteiger partial charge >= 0.3 is 0 Å². The fourth-order valence-electron chi connectivity index (χ4n) is 3.36. The van der Waals surface area contributed by atoms with Crippen LogP contribution in [0.2, 0.25) is 0 Å². The molecule has 0 heterocycles. The van der Waals surface area contributed by atoms with E-state index in [1.54, 1.807) is 0 Å². The van der Waals surface area contributed by atoms with Gasteiger partial charge in [-0.05, 0) is 32.1 Å². The van der Waals surface area contributed by atoms with Crippen molar-refractivity contribution in [1.82, 2.24) is 0 Å². The lowest BCUT2D eigenvalue weighted by atomic mass is 9.97. The number of carbonyl (C=O) groups is 1. The van der Waals surface area contributed by atoms with E-state index in [0.717, 1.165) is 18.8 Å². The molecule has 0 atom stereocenters. The monoisotopic (exact) mass is 331 g/mol. The van der Waals surface area contributed by atoms with Crippen molar-refractivity contribution in [3.8, 4) is 0 Å². The molecule has 0 bridgehead atoms. The van der Waals surface area contributed by atoms with Gasteiger partial charge in [-0.15, -0.1) is 0 Å². The lowest BCUT2D eigenvalue weighted by molar-refractivity contribution is -0.116. The molecule has 0 aromatic carbocycles. The Kier molecular flexibility index (Phi) is 14.6. The Morgan fingerprint density at radius 2 is 1.00 bits per heavy atom. The molecule has 1 aliphatic carbocycles. The van der Waals surface area contributed by atoms with Gasteiger partial charge in [0.15, 0.2) is 0 Å². The Labute approximate surface area is 152 Å². The molecular weight excluding hydrogens is 292 g/mol. The molecule has 1 aliphatic rings. The number of carbonyl (C=O) groups excluding carboxylic acids is 1. The summed E-state index contributed by atoms with van der Waals surface area (Å²) in [6, 6.07) is 0. The molecule has 137 valence electrons. The molecule has 1 nitrogen and oxygen atoms in total. The van der Waals surface area contributed by atoms with Crippen LogP contribution in [0, 0.1) is 31.6 Å². The Hall–Kier alpha value is -0.330. The van der Waals surface area contributed by atoms with Gasteiger partial charge in [0, 0.05) is 12.3 Å². The summed E-state index contributed by atoms with van der Waals surface area (Å²) >= 11 is 0. The number of hydrogen-bond acceptors (Lipinski definition) is 1. The van der Waals surface area contributed by atoms with Crippen molar-refractivity contribution in [2.45, 2.75) is 110 Å². The van der Waals surface area contributed by atoms with E-state index in [0.29, 0.717) is 5.78 Å². The topological polar surface area (TPSA) is 17.1 Å². The van der Waals surface area contributed by atoms with E-state index in [1.165, 1.54) is 89.9 Å². The highest BCUT2D eigenvalue weighted by molar-refractivity contribution is 5.97. The number of hydrogen-bond donors (Lipinski definition) is 0. The Morgan fingerprint density at radius 1 is 0.625 bits per heavy atom. The second-order valence-electron chi connectivity index (χ2n) is 7.30. The molecule has 5 radical (unpaired) electrons. The SMILES string of the molecule is CCCCCCCCCCCCCCCCCC(=O)[C]1[CH][CH][CH][CH]1. The van der Waals surface area contributed by atoms with Crippen molar-refractivity contribution in [3.05, 3.63) is 31.6 Å². The molecule has 0 spiro atoms. The zero-order chi connectivity index (χ0) is 17.3. The maximum Gasteiger partial charge on any atom is 0.140 e. The van der Waals surface area contributed by atoms with Crippen LogP contribution in [0.3, 0.4) is 0 Å². The van der Waals surface area contributed by atoms with Gasteiger partial charge in [-0.2, -0.15) is 0 Å². The summed E-state index contributed by atoms with van der Waals surface area (Å²) < 4.78 is 0. The second kappa shape index (κ2) is 16.2. The first kappa shape index (κ1) is 21.7. The van der Waals surface area contributed by atoms with Crippen molar-refractivity contribution in [3.63, 3.8) is 0 Å². The molecule has 0 N–H and O–H groups in total. The van der Waals surface area contributed by atoms with Crippen LogP contribution in [-0.4, -0.2) is 5.78 Å². The zero-order valence-corrected chi connectivity index (χ0v) is 16.0. The number of ketones is 1. The summed E-state index contributed by atoms with van der Waals surface area (Å²) in [4.78, 5) is 11.8. The van der Waals surface area contributed by atoms with Crippen LogP contribution >= 0.6 is 0 Å². The molecule has 1 fully saturated rings. The minimum atomic E-state index is 0.315. The predicted molar refractivity (Wildman–Crippen MR) is 105 cm³/mol. The van der Waals surface area contributed by atoms with Crippen molar-refractivity contribution in [2.75, 3.05) is 0 Å². The lowest BCUT2D eigenvalue weighted by Crippen LogP contribution is -2.08. The van der Waals surface area contributed by atoms with Gasteiger partial charge in [-0.25, -0.2) is 0 Å². The van der Waals surface area contributed by atoms with Gasteiger partial charge in [-0.3, -0.25) is 4.79 Å². The molecule has 0 unspecified atom stereocenters. The smallest absolute Gasteiger partial charge is 0.140 e. The van der Waals surface area contributed by atoms with Gasteiger partial charge in [-0.1, -0.05) is 96.8 Å². The van der Waals surface area contributed by atoms with Crippen LogP contribution < -0.4 is 0 Å². The molecule has 1 saturated carbocycles. The maximum absolute atomic E-state index is 11.8. The molecule has 0 aromatic rings. The van der Waals surface area contributed by atoms with E-state index in [-0.39, 0.29) is 0 Å². The molecule has 24 heavy (non-hydrogen) atoms. The third-order valence-electron chi connectivity index (χ3n) is 4.99. The Balaban J connectivity index is 1.71. The predicted octanol–water partition coefficient (Wildman–Crippen LogP) is 7.22. The summed E-state index contributed by atoms with van der Waals surface area (Å²) in [6.45, 7) is 2.28. The van der Waals surface area contributed by atoms with Crippen LogP contribution in [0.5, 0.6) is 0 Å². The molecule has 1 rings (SSSR count). The standard InChI is InChI=1S/C23H39O/c1-2-3-4-5-6-7-8-9-10-11-12-13-14-15-16-21-23(24)22-19-17-18-20-22/h17-20H,2-16,21H2,1H3. The fourth-order valence-corrected chi connectivity index (χ4v) is 3.36. The molecule has 1 heteroatoms. The van der Waals surface area contributed by atoms with Crippen molar-refractivity contribution in [2.24, 2.45) is 0 Å². The third-order valence-corrected chi connectivity index (χ3v) is 4.99. The van der Waals surface area contributed by atoms with Crippen molar-refractivity contribution >= 4 is 5.78 Å². The molecule has 0 amide bonds. The minimum absolute atomic E-state index is 0.315. The highest BCUT2D eigenvalue weighted by atomic mass is 16.1. The first-order valence-electron chi connectivity index (χ1n) is 10.6. The Morgan fingerprint density at radius 3 is 1.42 bits per heavy atom. The zero-order valence-electron chi connectivity index (χ0n) is 16.0. The van der Waals surface area contributed by atoms with Gasteiger partial charge in [0.05, 0.1) is 0 Å². The van der Waals surface area contributed by atoms with E-state index < -0.39 is 0 Å². The normalized spacial score (nSPS) is 15.2. The molecule has 0 saturated heterocycles. The van der Waals surface area contributed by atoms with E-state index in [1.807, 2.05) is 25.7 Å². The fraction of sp³-hybridized carbons (Fsp3) is 0.739. The second-order valence-corrected chi connectivity index (χ2v) is 7.30. The summed E-state index contributed by atoms with van der Waals surface area (Å²) in [5.41, 5.74) is 0. The summed E-state index contributed by atoms with van der Waals surface area (Å²) in [6.07, 6.45) is 29.0. The molecular formula is C23H39O. The van der Waals surface area contributed by atoms with Crippen LogP contribution in [0.25, 0.3) is 0 Å². The summed E-state index contributed by atoms with van der Waals surface area (Å²) in [7, 11) is 0. The largest absolute Gasteiger partial charge is 0.299 e. The highest BCUT2D eigenvalue weighted by Gasteiger charge is 2.23. The minimum Gasteiger partial charge on any atom is -0.299 e. The number of Topliss-reactive ketones (excluding diaryl/α,β-unsaturated/α-hetero) is 1. The van der Waals surface area contributed by atoms with E-state index in [2.05, 4.69) is 6.92 Å². The summed E-state index contributed by atoms with van der Waals surface area (Å²) in [5, 5.41) is 0. The van der Waals surface area contributed by atoms with E-state index >= 15 is 0 Å². The van der Waals surface area contributed by atoms with Crippen LogP contribution in [-0.2, 0) is 4.79 Å². The van der Waals surface area contributed by atoms with Gasteiger partial charge in [0.25, 0.3) is 0 Å². The number of rotatable bonds is 17. The van der Waals surface area contributed by atoms with Crippen LogP contribution in [0.4, 0.5) is 0 Å². The van der Waals surface area contributed by atoms with Gasteiger partial charge in [0.1, 0.15) is 5.78 Å². The highest BCUT2D eigenvalue weighted by Crippen LogP contribution is 2.25. The Bertz CT molecular complexity index is 278. The van der Waals surface area contributed by atoms with Gasteiger partial charge < -0.3 is 0 Å². The molecule has 0 aromatic heterocycles. The van der Waals surface area contributed by atoms with Crippen molar-refractivity contribution in [1.29, 1.82) is 0 Å². The summed E-state index contributed by atoms with van der Waals surface area (Å²) in [5.74, 6) is 1.20. The maximum atomic E-state index is 11.8. The number of unbranched alkanes of at least 4 members (excludes halogenated alkanes) is 14. The van der Waals surface area contributed by atoms with Crippen molar-refractivity contribution < 1.29 is 4.79 Å². The van der Waals surface area contributed by atoms with Gasteiger partial charge in [0.2, 0.25) is 0 Å². The quantitative estimate of drug-likeness (QED) is 0.257. The van der Waals surface area contributed by atoms with E-state index in [4.69, 9.17) is 0 Å². The third kappa shape index (κ3) is 12.1. The first-order chi connectivity index (χ1) is 11.8. The molecule has 0 aliphatic heterocycles. The van der Waals surface area contributed by atoms with Crippen LogP contribution in [0.15, 0.2) is 0 Å². The van der Waals surface area contributed by atoms with Crippen LogP contribution in [0.1, 0.15) is 110 Å². The first-order valence-corrected chi connectivity index (χ1v) is 10.6. The average molecular weight is 332 g/mol. The average Bonchev–Trinajstić information content (AvgIpc) is 3.13. The lowest BCUT2D eigenvalue weighted by Gasteiger charge is -2.06.